The summed E-state index contributed by atoms with van der Waals surface area (Å²) in [4.78, 5) is 26.3. The molecule has 1 heterocycles. The monoisotopic (exact) mass is 359 g/mol. The van der Waals surface area contributed by atoms with Crippen molar-refractivity contribution in [3.63, 3.8) is 0 Å². The summed E-state index contributed by atoms with van der Waals surface area (Å²) < 4.78 is 0. The number of nitrogens with zero attached hydrogens (tertiary/aromatic N) is 1. The minimum atomic E-state index is 0.0560. The maximum absolute atomic E-state index is 12.3. The van der Waals surface area contributed by atoms with Gasteiger partial charge in [-0.15, -0.1) is 0 Å². The van der Waals surface area contributed by atoms with Crippen LogP contribution in [-0.2, 0) is 11.3 Å². The van der Waals surface area contributed by atoms with Gasteiger partial charge in [-0.3, -0.25) is 9.59 Å². The Hall–Kier alpha value is -1.88. The smallest absolute Gasteiger partial charge is 0.253 e. The average molecular weight is 360 g/mol. The van der Waals surface area contributed by atoms with Crippen molar-refractivity contribution in [3.8, 4) is 0 Å². The minimum Gasteiger partial charge on any atom is -0.352 e. The van der Waals surface area contributed by atoms with Crippen LogP contribution < -0.4 is 10.6 Å². The van der Waals surface area contributed by atoms with E-state index in [4.69, 9.17) is 0 Å². The molecule has 0 aliphatic carbocycles. The average Bonchev–Trinajstić information content (AvgIpc) is 2.68. The van der Waals surface area contributed by atoms with E-state index in [2.05, 4.69) is 17.6 Å². The second kappa shape index (κ2) is 10.3. The fourth-order valence-electron chi connectivity index (χ4n) is 3.55. The molecular weight excluding hydrogens is 326 g/mol. The zero-order chi connectivity index (χ0) is 18.9. The third-order valence-corrected chi connectivity index (χ3v) is 5.39. The van der Waals surface area contributed by atoms with Crippen LogP contribution in [0.5, 0.6) is 0 Å². The summed E-state index contributed by atoms with van der Waals surface area (Å²) in [5, 5.41) is 6.42. The van der Waals surface area contributed by atoms with Crippen LogP contribution in [-0.4, -0.2) is 42.9 Å². The number of benzene rings is 1. The second-order valence-corrected chi connectivity index (χ2v) is 7.24. The summed E-state index contributed by atoms with van der Waals surface area (Å²) in [5.74, 6) is 1.16. The first-order chi connectivity index (χ1) is 12.5. The number of hydrogen-bond donors (Lipinski definition) is 2. The lowest BCUT2D eigenvalue weighted by Gasteiger charge is -2.28. The molecule has 1 fully saturated rings. The molecule has 2 unspecified atom stereocenters. The lowest BCUT2D eigenvalue weighted by molar-refractivity contribution is -0.122. The van der Waals surface area contributed by atoms with Gasteiger partial charge in [-0.05, 0) is 69.3 Å². The van der Waals surface area contributed by atoms with Crippen molar-refractivity contribution in [1.29, 1.82) is 0 Å². The highest BCUT2D eigenvalue weighted by Gasteiger charge is 2.21. The molecule has 0 aromatic heterocycles. The molecule has 5 nitrogen and oxygen atoms in total. The number of nitrogens with one attached hydrogen (secondary N) is 2. The van der Waals surface area contributed by atoms with Gasteiger partial charge in [0, 0.05) is 31.6 Å². The molecule has 0 saturated carbocycles. The van der Waals surface area contributed by atoms with Crippen molar-refractivity contribution in [2.75, 3.05) is 26.2 Å². The SMILES string of the molecule is CCN(CC)C(=O)c1ccc(CNC(=O)CC(C)C2CCCNC2)cc1. The van der Waals surface area contributed by atoms with Crippen molar-refractivity contribution in [3.05, 3.63) is 35.4 Å². The molecule has 5 heteroatoms. The van der Waals surface area contributed by atoms with Gasteiger partial charge in [0.1, 0.15) is 0 Å². The summed E-state index contributed by atoms with van der Waals surface area (Å²) in [6.45, 7) is 10.2. The summed E-state index contributed by atoms with van der Waals surface area (Å²) in [6, 6.07) is 7.54. The van der Waals surface area contributed by atoms with Crippen LogP contribution in [0, 0.1) is 11.8 Å². The van der Waals surface area contributed by atoms with Crippen LogP contribution in [0.15, 0.2) is 24.3 Å². The van der Waals surface area contributed by atoms with Crippen LogP contribution >= 0.6 is 0 Å². The first-order valence-electron chi connectivity index (χ1n) is 9.90. The van der Waals surface area contributed by atoms with Gasteiger partial charge in [-0.1, -0.05) is 19.1 Å². The Labute approximate surface area is 157 Å². The molecule has 1 aromatic rings. The largest absolute Gasteiger partial charge is 0.352 e. The Morgan fingerprint density at radius 1 is 1.23 bits per heavy atom. The van der Waals surface area contributed by atoms with Crippen LogP contribution in [0.2, 0.25) is 0 Å². The lowest BCUT2D eigenvalue weighted by Crippen LogP contribution is -2.35. The molecule has 1 aliphatic heterocycles. The molecule has 2 amide bonds. The third kappa shape index (κ3) is 5.84. The Morgan fingerprint density at radius 2 is 1.92 bits per heavy atom. The molecule has 0 bridgehead atoms. The Kier molecular flexibility index (Phi) is 8.10. The minimum absolute atomic E-state index is 0.0560. The Balaban J connectivity index is 1.79. The fraction of sp³-hybridized carbons (Fsp3) is 0.619. The second-order valence-electron chi connectivity index (χ2n) is 7.24. The van der Waals surface area contributed by atoms with E-state index in [0.717, 1.165) is 18.7 Å². The van der Waals surface area contributed by atoms with Crippen LogP contribution in [0.4, 0.5) is 0 Å². The summed E-state index contributed by atoms with van der Waals surface area (Å²) in [6.07, 6.45) is 2.99. The van der Waals surface area contributed by atoms with Gasteiger partial charge in [0.05, 0.1) is 0 Å². The molecule has 2 atom stereocenters. The molecule has 1 aliphatic rings. The third-order valence-electron chi connectivity index (χ3n) is 5.39. The first kappa shape index (κ1) is 20.4. The zero-order valence-corrected chi connectivity index (χ0v) is 16.4. The molecule has 144 valence electrons. The highest BCUT2D eigenvalue weighted by molar-refractivity contribution is 5.94. The number of carbonyl (C=O) groups is 2. The van der Waals surface area contributed by atoms with E-state index in [9.17, 15) is 9.59 Å². The Bertz CT molecular complexity index is 575. The highest BCUT2D eigenvalue weighted by Crippen LogP contribution is 2.22. The van der Waals surface area contributed by atoms with E-state index in [-0.39, 0.29) is 11.8 Å². The lowest BCUT2D eigenvalue weighted by atomic mass is 9.85. The summed E-state index contributed by atoms with van der Waals surface area (Å²) in [5.41, 5.74) is 1.71. The van der Waals surface area contributed by atoms with E-state index >= 15 is 0 Å². The molecule has 2 rings (SSSR count). The van der Waals surface area contributed by atoms with Crippen LogP contribution in [0.3, 0.4) is 0 Å². The number of hydrogen-bond acceptors (Lipinski definition) is 3. The van der Waals surface area contributed by atoms with Crippen molar-refractivity contribution in [2.45, 2.75) is 46.6 Å². The van der Waals surface area contributed by atoms with Crippen LogP contribution in [0.1, 0.15) is 56.0 Å². The standard InChI is InChI=1S/C21H33N3O2/c1-4-24(5-2)21(26)18-10-8-17(9-11-18)14-23-20(25)13-16(3)19-7-6-12-22-15-19/h8-11,16,19,22H,4-7,12-15H2,1-3H3,(H,23,25). The van der Waals surface area contributed by atoms with Gasteiger partial charge in [-0.2, -0.15) is 0 Å². The number of carbonyl (C=O) groups excluding carboxylic acids is 2. The number of amides is 2. The predicted octanol–water partition coefficient (Wildman–Crippen LogP) is 2.81. The normalized spacial score (nSPS) is 18.2. The molecular formula is C21H33N3O2. The quantitative estimate of drug-likeness (QED) is 0.750. The van der Waals surface area contributed by atoms with Crippen molar-refractivity contribution >= 4 is 11.8 Å². The molecule has 26 heavy (non-hydrogen) atoms. The number of rotatable bonds is 8. The summed E-state index contributed by atoms with van der Waals surface area (Å²) in [7, 11) is 0. The van der Waals surface area contributed by atoms with E-state index in [1.807, 2.05) is 38.1 Å². The molecule has 0 spiro atoms. The van der Waals surface area contributed by atoms with Crippen molar-refractivity contribution < 1.29 is 9.59 Å². The van der Waals surface area contributed by atoms with E-state index in [1.165, 1.54) is 12.8 Å². The fourth-order valence-corrected chi connectivity index (χ4v) is 3.55. The molecule has 0 radical (unpaired) electrons. The first-order valence-corrected chi connectivity index (χ1v) is 9.90. The van der Waals surface area contributed by atoms with Crippen LogP contribution in [0.25, 0.3) is 0 Å². The van der Waals surface area contributed by atoms with Gasteiger partial charge >= 0.3 is 0 Å². The Morgan fingerprint density at radius 3 is 2.50 bits per heavy atom. The van der Waals surface area contributed by atoms with Crippen molar-refractivity contribution in [2.24, 2.45) is 11.8 Å². The van der Waals surface area contributed by atoms with E-state index in [0.29, 0.717) is 43.5 Å². The maximum Gasteiger partial charge on any atom is 0.253 e. The molecule has 1 saturated heterocycles. The predicted molar refractivity (Wildman–Crippen MR) is 105 cm³/mol. The molecule has 1 aromatic carbocycles. The zero-order valence-electron chi connectivity index (χ0n) is 16.4. The maximum atomic E-state index is 12.3. The van der Waals surface area contributed by atoms with Gasteiger partial charge in [0.15, 0.2) is 0 Å². The van der Waals surface area contributed by atoms with Gasteiger partial charge < -0.3 is 15.5 Å². The van der Waals surface area contributed by atoms with Gasteiger partial charge in [-0.25, -0.2) is 0 Å². The van der Waals surface area contributed by atoms with Gasteiger partial charge in [0.25, 0.3) is 5.91 Å². The summed E-state index contributed by atoms with van der Waals surface area (Å²) >= 11 is 0. The van der Waals surface area contributed by atoms with Gasteiger partial charge in [0.2, 0.25) is 5.91 Å². The van der Waals surface area contributed by atoms with E-state index in [1.54, 1.807) is 4.90 Å². The highest BCUT2D eigenvalue weighted by atomic mass is 16.2. The van der Waals surface area contributed by atoms with Crippen molar-refractivity contribution in [1.82, 2.24) is 15.5 Å². The van der Waals surface area contributed by atoms with E-state index < -0.39 is 0 Å². The number of piperidine rings is 1. The topological polar surface area (TPSA) is 61.4 Å². The molecule has 2 N–H and O–H groups in total.